The number of ether oxygens (including phenoxy) is 1. The van der Waals surface area contributed by atoms with E-state index in [4.69, 9.17) is 13.3 Å². The van der Waals surface area contributed by atoms with Gasteiger partial charge in [-0.3, -0.25) is 9.59 Å². The summed E-state index contributed by atoms with van der Waals surface area (Å²) < 4.78 is 21.9. The summed E-state index contributed by atoms with van der Waals surface area (Å²) in [5, 5.41) is 0. The summed E-state index contributed by atoms with van der Waals surface area (Å²) in [5.74, 6) is -0.866. The molecule has 1 saturated heterocycles. The Balaban J connectivity index is 2.60. The molecule has 1 heterocycles. The second-order valence-electron chi connectivity index (χ2n) is 5.33. The van der Waals surface area contributed by atoms with Crippen molar-refractivity contribution < 1.29 is 27.6 Å². The van der Waals surface area contributed by atoms with E-state index in [0.29, 0.717) is 38.7 Å². The quantitative estimate of drug-likeness (QED) is 0.350. The summed E-state index contributed by atoms with van der Waals surface area (Å²) in [5.41, 5.74) is -0.720. The largest absolute Gasteiger partial charge is 0.500 e. The Hall–Kier alpha value is -0.763. The van der Waals surface area contributed by atoms with E-state index in [0.717, 1.165) is 0 Å². The Morgan fingerprint density at radius 3 is 2.00 bits per heavy atom. The molecule has 0 N–H and O–H groups in total. The van der Waals surface area contributed by atoms with Gasteiger partial charge in [0, 0.05) is 25.9 Å². The zero-order valence-electron chi connectivity index (χ0n) is 13.4. The summed E-state index contributed by atoms with van der Waals surface area (Å²) in [4.78, 5) is 22.9. The van der Waals surface area contributed by atoms with Crippen LogP contribution < -0.4 is 0 Å². The smallest absolute Gasteiger partial charge is 0.393 e. The maximum absolute atomic E-state index is 11.7. The molecule has 7 heteroatoms. The van der Waals surface area contributed by atoms with Crippen LogP contribution in [0.1, 0.15) is 47.0 Å². The number of hydrogen-bond acceptors (Lipinski definition) is 6. The molecule has 0 aliphatic carbocycles. The normalized spacial score (nSPS) is 22.7. The third-order valence-electron chi connectivity index (χ3n) is 3.54. The zero-order valence-corrected chi connectivity index (χ0v) is 14.4. The first-order valence-electron chi connectivity index (χ1n) is 7.58. The van der Waals surface area contributed by atoms with Crippen LogP contribution in [0.5, 0.6) is 0 Å². The van der Waals surface area contributed by atoms with Crippen molar-refractivity contribution in [3.05, 3.63) is 0 Å². The molecule has 1 rings (SSSR count). The molecule has 0 spiro atoms. The van der Waals surface area contributed by atoms with E-state index in [9.17, 15) is 9.59 Å². The zero-order chi connectivity index (χ0) is 15.9. The van der Waals surface area contributed by atoms with Gasteiger partial charge in [-0.25, -0.2) is 0 Å². The summed E-state index contributed by atoms with van der Waals surface area (Å²) in [6, 6.07) is 0.638. The van der Waals surface area contributed by atoms with Crippen molar-refractivity contribution in [1.29, 1.82) is 0 Å². The molecule has 0 aromatic carbocycles. The topological polar surface area (TPSA) is 71.1 Å². The number of carbonyl (C=O) groups is 2. The Morgan fingerprint density at radius 1 is 1.10 bits per heavy atom. The monoisotopic (exact) mass is 318 g/mol. The highest BCUT2D eigenvalue weighted by atomic mass is 28.4. The molecule has 0 saturated carbocycles. The maximum atomic E-state index is 11.7. The van der Waals surface area contributed by atoms with Gasteiger partial charge in [-0.05, 0) is 40.5 Å². The van der Waals surface area contributed by atoms with E-state index in [-0.39, 0.29) is 6.42 Å². The van der Waals surface area contributed by atoms with Crippen LogP contribution in [0.25, 0.3) is 0 Å². The highest BCUT2D eigenvalue weighted by molar-refractivity contribution is 6.60. The summed E-state index contributed by atoms with van der Waals surface area (Å²) in [6.07, 6.45) is 1.42. The molecular formula is C14H26O6Si. The average molecular weight is 318 g/mol. The van der Waals surface area contributed by atoms with Gasteiger partial charge in [0.05, 0.1) is 11.8 Å². The van der Waals surface area contributed by atoms with E-state index < -0.39 is 26.2 Å². The summed E-state index contributed by atoms with van der Waals surface area (Å²) in [7, 11) is -2.68. The van der Waals surface area contributed by atoms with E-state index in [2.05, 4.69) is 4.74 Å². The Morgan fingerprint density at radius 2 is 1.62 bits per heavy atom. The van der Waals surface area contributed by atoms with Gasteiger partial charge >= 0.3 is 20.7 Å². The van der Waals surface area contributed by atoms with Gasteiger partial charge in [0.25, 0.3) is 0 Å². The van der Waals surface area contributed by atoms with Crippen molar-refractivity contribution in [2.45, 2.75) is 53.0 Å². The van der Waals surface area contributed by atoms with Crippen LogP contribution in [0.3, 0.4) is 0 Å². The lowest BCUT2D eigenvalue weighted by atomic mass is 9.84. The van der Waals surface area contributed by atoms with Crippen LogP contribution in [0.2, 0.25) is 6.04 Å². The van der Waals surface area contributed by atoms with Crippen LogP contribution in [0, 0.1) is 5.41 Å². The van der Waals surface area contributed by atoms with Crippen molar-refractivity contribution in [2.24, 2.45) is 5.41 Å². The summed E-state index contributed by atoms with van der Waals surface area (Å²) >= 11 is 0. The molecule has 0 aromatic rings. The fourth-order valence-electron chi connectivity index (χ4n) is 2.54. The predicted octanol–water partition coefficient (Wildman–Crippen LogP) is 2.29. The van der Waals surface area contributed by atoms with Crippen molar-refractivity contribution in [3.63, 3.8) is 0 Å². The van der Waals surface area contributed by atoms with E-state index in [1.54, 1.807) is 6.92 Å². The maximum Gasteiger partial charge on any atom is 0.500 e. The molecule has 0 amide bonds. The molecule has 1 unspecified atom stereocenters. The lowest BCUT2D eigenvalue weighted by molar-refractivity contribution is -0.155. The fraction of sp³-hybridized carbons (Fsp3) is 0.857. The lowest BCUT2D eigenvalue weighted by Crippen LogP contribution is -2.46. The molecule has 1 fully saturated rings. The van der Waals surface area contributed by atoms with E-state index in [1.165, 1.54) is 0 Å². The SMILES string of the molecule is CCO[Si](CCCC1(C)CC(=O)OC1=O)(OCC)OCC. The minimum atomic E-state index is -2.68. The fourth-order valence-corrected chi connectivity index (χ4v) is 5.15. The molecule has 1 aliphatic heterocycles. The summed E-state index contributed by atoms with van der Waals surface area (Å²) in [6.45, 7) is 9.10. The van der Waals surface area contributed by atoms with Crippen LogP contribution in [0.15, 0.2) is 0 Å². The minimum Gasteiger partial charge on any atom is -0.393 e. The first-order valence-corrected chi connectivity index (χ1v) is 9.51. The molecule has 1 aliphatic rings. The molecular weight excluding hydrogens is 292 g/mol. The molecule has 0 radical (unpaired) electrons. The first kappa shape index (κ1) is 18.3. The van der Waals surface area contributed by atoms with Crippen LogP contribution in [-0.2, 0) is 27.6 Å². The van der Waals surface area contributed by atoms with E-state index in [1.807, 2.05) is 20.8 Å². The van der Waals surface area contributed by atoms with Crippen LogP contribution in [-0.4, -0.2) is 40.6 Å². The van der Waals surface area contributed by atoms with Crippen molar-refractivity contribution in [2.75, 3.05) is 19.8 Å². The number of carbonyl (C=O) groups excluding carboxylic acids is 2. The number of esters is 2. The Labute approximate surface area is 127 Å². The second kappa shape index (κ2) is 8.02. The molecule has 6 nitrogen and oxygen atoms in total. The number of hydrogen-bond donors (Lipinski definition) is 0. The van der Waals surface area contributed by atoms with Crippen molar-refractivity contribution in [3.8, 4) is 0 Å². The van der Waals surface area contributed by atoms with Crippen molar-refractivity contribution >= 4 is 20.7 Å². The molecule has 21 heavy (non-hydrogen) atoms. The Bertz CT molecular complexity index is 355. The molecule has 122 valence electrons. The van der Waals surface area contributed by atoms with Gasteiger partial charge in [0.1, 0.15) is 0 Å². The number of cyclic esters (lactones) is 2. The molecule has 1 atom stereocenters. The van der Waals surface area contributed by atoms with Gasteiger partial charge in [0.15, 0.2) is 0 Å². The highest BCUT2D eigenvalue weighted by Crippen LogP contribution is 2.36. The van der Waals surface area contributed by atoms with Gasteiger partial charge in [-0.15, -0.1) is 0 Å². The first-order chi connectivity index (χ1) is 9.91. The Kier molecular flexibility index (Phi) is 6.99. The lowest BCUT2D eigenvalue weighted by Gasteiger charge is -2.29. The van der Waals surface area contributed by atoms with Gasteiger partial charge < -0.3 is 18.0 Å². The van der Waals surface area contributed by atoms with Gasteiger partial charge in [-0.2, -0.15) is 0 Å². The minimum absolute atomic E-state index is 0.151. The van der Waals surface area contributed by atoms with Crippen LogP contribution >= 0.6 is 0 Å². The average Bonchev–Trinajstić information content (AvgIpc) is 2.64. The molecule has 0 bridgehead atoms. The number of rotatable bonds is 10. The van der Waals surface area contributed by atoms with Crippen molar-refractivity contribution in [1.82, 2.24) is 0 Å². The third kappa shape index (κ3) is 4.88. The van der Waals surface area contributed by atoms with E-state index >= 15 is 0 Å². The molecule has 0 aromatic heterocycles. The third-order valence-corrected chi connectivity index (χ3v) is 6.69. The van der Waals surface area contributed by atoms with Crippen LogP contribution in [0.4, 0.5) is 0 Å². The second-order valence-corrected chi connectivity index (χ2v) is 8.07. The van der Waals surface area contributed by atoms with Gasteiger partial charge in [-0.1, -0.05) is 0 Å². The van der Waals surface area contributed by atoms with Gasteiger partial charge in [0.2, 0.25) is 0 Å². The predicted molar refractivity (Wildman–Crippen MR) is 78.5 cm³/mol. The highest BCUT2D eigenvalue weighted by Gasteiger charge is 2.46. The standard InChI is InChI=1S/C14H26O6Si/c1-5-17-21(18-6-2,19-7-3)10-8-9-14(4)11-12(15)20-13(14)16/h5-11H2,1-4H3.